The second-order valence-corrected chi connectivity index (χ2v) is 10.7. The van der Waals surface area contributed by atoms with E-state index in [1.165, 1.54) is 0 Å². The molecule has 0 spiro atoms. The molecule has 0 amide bonds. The van der Waals surface area contributed by atoms with Crippen molar-refractivity contribution in [2.45, 2.75) is 6.54 Å². The van der Waals surface area contributed by atoms with Crippen LogP contribution in [0.1, 0.15) is 5.56 Å². The minimum absolute atomic E-state index is 0.552. The Kier molecular flexibility index (Phi) is 6.30. The number of hydrogen-bond acceptors (Lipinski definition) is 5. The predicted octanol–water partition coefficient (Wildman–Crippen LogP) is 8.59. The molecule has 0 fully saturated rings. The fourth-order valence-electron chi connectivity index (χ4n) is 5.84. The molecule has 44 heavy (non-hydrogen) atoms. The maximum Gasteiger partial charge on any atom is 0.160 e. The normalized spacial score (nSPS) is 11.4. The number of benzene rings is 5. The highest BCUT2D eigenvalue weighted by Gasteiger charge is 2.18. The van der Waals surface area contributed by atoms with Crippen LogP contribution in [0.2, 0.25) is 0 Å². The lowest BCUT2D eigenvalue weighted by atomic mass is 10.0. The summed E-state index contributed by atoms with van der Waals surface area (Å²) in [6, 6.07) is 45.0. The van der Waals surface area contributed by atoms with E-state index in [4.69, 9.17) is 24.7 Å². The first-order valence-electron chi connectivity index (χ1n) is 14.6. The van der Waals surface area contributed by atoms with Crippen LogP contribution in [0.15, 0.2) is 133 Å². The van der Waals surface area contributed by atoms with Gasteiger partial charge in [0.2, 0.25) is 0 Å². The Balaban J connectivity index is 1.29. The van der Waals surface area contributed by atoms with E-state index in [1.54, 1.807) is 7.11 Å². The van der Waals surface area contributed by atoms with E-state index in [-0.39, 0.29) is 0 Å². The second kappa shape index (κ2) is 10.7. The van der Waals surface area contributed by atoms with Gasteiger partial charge in [-0.25, -0.2) is 19.9 Å². The molecule has 6 nitrogen and oxygen atoms in total. The molecule has 5 aromatic carbocycles. The second-order valence-electron chi connectivity index (χ2n) is 10.7. The summed E-state index contributed by atoms with van der Waals surface area (Å²) in [6.07, 6.45) is 0. The van der Waals surface area contributed by atoms with Crippen molar-refractivity contribution in [3.8, 4) is 39.7 Å². The average Bonchev–Trinajstić information content (AvgIpc) is 3.39. The first-order valence-corrected chi connectivity index (χ1v) is 14.6. The summed E-state index contributed by atoms with van der Waals surface area (Å²) in [4.78, 5) is 20.1. The summed E-state index contributed by atoms with van der Waals surface area (Å²) in [6.45, 7) is 0.552. The molecule has 0 radical (unpaired) electrons. The van der Waals surface area contributed by atoms with Gasteiger partial charge in [0, 0.05) is 27.6 Å². The van der Waals surface area contributed by atoms with Gasteiger partial charge in [-0.2, -0.15) is 0 Å². The smallest absolute Gasteiger partial charge is 0.160 e. The quantitative estimate of drug-likeness (QED) is 0.201. The Hall–Kier alpha value is -5.88. The van der Waals surface area contributed by atoms with Crippen molar-refractivity contribution in [1.29, 1.82) is 0 Å². The third-order valence-electron chi connectivity index (χ3n) is 7.99. The Morgan fingerprint density at radius 1 is 0.568 bits per heavy atom. The number of aromatic nitrogens is 5. The van der Waals surface area contributed by atoms with Crippen LogP contribution in [0, 0.1) is 0 Å². The summed E-state index contributed by atoms with van der Waals surface area (Å²) < 4.78 is 8.12. The number of methoxy groups -OCH3 is 1. The first-order chi connectivity index (χ1) is 21.7. The summed E-state index contributed by atoms with van der Waals surface area (Å²) in [5.41, 5.74) is 10.3. The largest absolute Gasteiger partial charge is 0.496 e. The molecular weight excluding hydrogens is 542 g/mol. The zero-order chi connectivity index (χ0) is 29.5. The Labute approximate surface area is 254 Å². The van der Waals surface area contributed by atoms with Crippen molar-refractivity contribution in [3.63, 3.8) is 0 Å². The summed E-state index contributed by atoms with van der Waals surface area (Å²) >= 11 is 0. The zero-order valence-electron chi connectivity index (χ0n) is 24.1. The van der Waals surface area contributed by atoms with Crippen molar-refractivity contribution in [3.05, 3.63) is 139 Å². The number of para-hydroxylation sites is 3. The van der Waals surface area contributed by atoms with E-state index in [9.17, 15) is 0 Å². The summed E-state index contributed by atoms with van der Waals surface area (Å²) in [5, 5.41) is 1.08. The summed E-state index contributed by atoms with van der Waals surface area (Å²) in [7, 11) is 1.71. The maximum absolute atomic E-state index is 5.88. The van der Waals surface area contributed by atoms with E-state index < -0.39 is 0 Å². The van der Waals surface area contributed by atoms with Crippen LogP contribution >= 0.6 is 0 Å². The molecule has 0 bridgehead atoms. The van der Waals surface area contributed by atoms with Gasteiger partial charge in [-0.3, -0.25) is 0 Å². The molecule has 0 aliphatic rings. The lowest BCUT2D eigenvalue weighted by Crippen LogP contribution is -2.04. The van der Waals surface area contributed by atoms with Crippen molar-refractivity contribution in [2.24, 2.45) is 0 Å². The van der Waals surface area contributed by atoms with E-state index >= 15 is 0 Å². The first kappa shape index (κ1) is 25.8. The Morgan fingerprint density at radius 3 is 1.95 bits per heavy atom. The lowest BCUT2D eigenvalue weighted by Gasteiger charge is -2.14. The fourth-order valence-corrected chi connectivity index (χ4v) is 5.84. The monoisotopic (exact) mass is 569 g/mol. The van der Waals surface area contributed by atoms with E-state index in [2.05, 4.69) is 53.1 Å². The van der Waals surface area contributed by atoms with Gasteiger partial charge in [-0.1, -0.05) is 91.0 Å². The maximum atomic E-state index is 5.88. The molecule has 0 saturated carbocycles. The minimum Gasteiger partial charge on any atom is -0.496 e. The van der Waals surface area contributed by atoms with Crippen molar-refractivity contribution in [1.82, 2.24) is 24.5 Å². The van der Waals surface area contributed by atoms with Crippen LogP contribution in [0.5, 0.6) is 5.75 Å². The van der Waals surface area contributed by atoms with E-state index in [0.717, 1.165) is 72.5 Å². The molecule has 210 valence electrons. The van der Waals surface area contributed by atoms with Gasteiger partial charge >= 0.3 is 0 Å². The van der Waals surface area contributed by atoms with Crippen molar-refractivity contribution < 1.29 is 4.74 Å². The number of fused-ring (bicyclic) bond motifs is 4. The van der Waals surface area contributed by atoms with Crippen LogP contribution < -0.4 is 4.74 Å². The van der Waals surface area contributed by atoms with Crippen LogP contribution in [0.4, 0.5) is 0 Å². The third-order valence-corrected chi connectivity index (χ3v) is 7.99. The number of rotatable bonds is 6. The van der Waals surface area contributed by atoms with Gasteiger partial charge in [0.15, 0.2) is 11.5 Å². The highest BCUT2D eigenvalue weighted by molar-refractivity contribution is 6.06. The predicted molar refractivity (Wildman–Crippen MR) is 177 cm³/mol. The number of hydrogen-bond donors (Lipinski definition) is 0. The summed E-state index contributed by atoms with van der Waals surface area (Å²) in [5.74, 6) is 1.48. The van der Waals surface area contributed by atoms with E-state index in [0.29, 0.717) is 12.4 Å². The third kappa shape index (κ3) is 4.53. The molecule has 3 aromatic heterocycles. The van der Waals surface area contributed by atoms with Crippen molar-refractivity contribution >= 4 is 33.1 Å². The molecule has 0 aliphatic heterocycles. The standard InChI is InChI=1S/C38H27N5O/c1-44-35-21-20-27(33-23-32(25-12-4-2-5-13-25)40-37(41-33)26-14-6-3-7-15-26)22-28(35)24-43-34-19-11-8-16-29(34)36-38(43)42-31-18-10-9-17-30(31)39-36/h2-23H,24H2,1H3. The molecule has 0 unspecified atom stereocenters. The van der Waals surface area contributed by atoms with Crippen LogP contribution in [-0.2, 0) is 6.54 Å². The molecular formula is C38H27N5O. The molecule has 0 saturated heterocycles. The Morgan fingerprint density at radius 2 is 1.20 bits per heavy atom. The van der Waals surface area contributed by atoms with Gasteiger partial charge in [0.1, 0.15) is 11.3 Å². The van der Waals surface area contributed by atoms with Crippen LogP contribution in [-0.4, -0.2) is 31.6 Å². The van der Waals surface area contributed by atoms with Gasteiger partial charge in [0.25, 0.3) is 0 Å². The Bertz CT molecular complexity index is 2240. The number of ether oxygens (including phenoxy) is 1. The molecule has 0 aliphatic carbocycles. The van der Waals surface area contributed by atoms with Gasteiger partial charge in [-0.05, 0) is 42.5 Å². The average molecular weight is 570 g/mol. The SMILES string of the molecule is COc1ccc(-c2cc(-c3ccccc3)nc(-c3ccccc3)n2)cc1Cn1c2ccccc2c2nc3ccccc3nc21. The van der Waals surface area contributed by atoms with Gasteiger partial charge in [-0.15, -0.1) is 0 Å². The fraction of sp³-hybridized carbons (Fsp3) is 0.0526. The molecule has 6 heteroatoms. The van der Waals surface area contributed by atoms with Crippen LogP contribution in [0.25, 0.3) is 67.0 Å². The highest BCUT2D eigenvalue weighted by Crippen LogP contribution is 2.34. The highest BCUT2D eigenvalue weighted by atomic mass is 16.5. The molecule has 0 atom stereocenters. The zero-order valence-corrected chi connectivity index (χ0v) is 24.1. The molecule has 3 heterocycles. The minimum atomic E-state index is 0.552. The molecule has 8 rings (SSSR count). The van der Waals surface area contributed by atoms with Gasteiger partial charge in [0.05, 0.1) is 41.6 Å². The topological polar surface area (TPSA) is 65.7 Å². The van der Waals surface area contributed by atoms with E-state index in [1.807, 2.05) is 84.9 Å². The van der Waals surface area contributed by atoms with Gasteiger partial charge < -0.3 is 9.30 Å². The number of nitrogens with zero attached hydrogens (tertiary/aromatic N) is 5. The van der Waals surface area contributed by atoms with Crippen molar-refractivity contribution in [2.75, 3.05) is 7.11 Å². The molecule has 8 aromatic rings. The van der Waals surface area contributed by atoms with Crippen LogP contribution in [0.3, 0.4) is 0 Å². The molecule has 0 N–H and O–H groups in total. The lowest BCUT2D eigenvalue weighted by molar-refractivity contribution is 0.409.